The first-order valence-corrected chi connectivity index (χ1v) is 7.14. The van der Waals surface area contributed by atoms with Gasteiger partial charge in [0.2, 0.25) is 0 Å². The van der Waals surface area contributed by atoms with Gasteiger partial charge < -0.3 is 5.32 Å². The van der Waals surface area contributed by atoms with Crippen LogP contribution < -0.4 is 5.32 Å². The third kappa shape index (κ3) is 2.60. The normalized spacial score (nSPS) is 42.2. The molecule has 3 unspecified atom stereocenters. The van der Waals surface area contributed by atoms with Gasteiger partial charge in [-0.2, -0.15) is 0 Å². The molecule has 3 atom stereocenters. The standard InChI is InChI=1S/C14H28N2/c1-4-14(3)11-16(10-9-15-14)13-8-6-5-7-12(13)2/h12-13,15H,4-11H2,1-3H3. The molecule has 0 aromatic heterocycles. The van der Waals surface area contributed by atoms with E-state index >= 15 is 0 Å². The number of piperazine rings is 1. The Hall–Kier alpha value is -0.0800. The van der Waals surface area contributed by atoms with E-state index in [0.29, 0.717) is 5.54 Å². The zero-order valence-corrected chi connectivity index (χ0v) is 11.3. The third-order valence-electron chi connectivity index (χ3n) is 4.82. The highest BCUT2D eigenvalue weighted by Gasteiger charge is 2.34. The summed E-state index contributed by atoms with van der Waals surface area (Å²) in [6, 6.07) is 0.863. The van der Waals surface area contributed by atoms with Crippen LogP contribution in [0.2, 0.25) is 0 Å². The lowest BCUT2D eigenvalue weighted by Gasteiger charge is -2.47. The second kappa shape index (κ2) is 5.05. The second-order valence-corrected chi connectivity index (χ2v) is 6.14. The summed E-state index contributed by atoms with van der Waals surface area (Å²) in [6.45, 7) is 10.8. The highest BCUT2D eigenvalue weighted by Crippen LogP contribution is 2.30. The van der Waals surface area contributed by atoms with Crippen molar-refractivity contribution in [3.63, 3.8) is 0 Å². The minimum atomic E-state index is 0.357. The molecule has 0 radical (unpaired) electrons. The lowest BCUT2D eigenvalue weighted by molar-refractivity contribution is 0.0528. The SMILES string of the molecule is CCC1(C)CN(C2CCCCC2C)CCN1. The van der Waals surface area contributed by atoms with Gasteiger partial charge in [-0.1, -0.05) is 26.7 Å². The Balaban J connectivity index is 1.97. The summed E-state index contributed by atoms with van der Waals surface area (Å²) < 4.78 is 0. The fourth-order valence-electron chi connectivity index (χ4n) is 3.44. The number of rotatable bonds is 2. The monoisotopic (exact) mass is 224 g/mol. The minimum absolute atomic E-state index is 0.357. The Labute approximate surface area is 101 Å². The van der Waals surface area contributed by atoms with Crippen LogP contribution in [-0.4, -0.2) is 36.1 Å². The molecular weight excluding hydrogens is 196 g/mol. The van der Waals surface area contributed by atoms with Crippen molar-refractivity contribution in [1.29, 1.82) is 0 Å². The molecular formula is C14H28N2. The van der Waals surface area contributed by atoms with E-state index < -0.39 is 0 Å². The van der Waals surface area contributed by atoms with Crippen molar-refractivity contribution >= 4 is 0 Å². The quantitative estimate of drug-likeness (QED) is 0.776. The maximum absolute atomic E-state index is 3.69. The molecule has 0 aromatic rings. The number of nitrogens with zero attached hydrogens (tertiary/aromatic N) is 1. The summed E-state index contributed by atoms with van der Waals surface area (Å²) in [5.41, 5.74) is 0.357. The van der Waals surface area contributed by atoms with Gasteiger partial charge in [0.1, 0.15) is 0 Å². The Kier molecular flexibility index (Phi) is 3.91. The molecule has 1 aliphatic carbocycles. The Morgan fingerprint density at radius 2 is 2.06 bits per heavy atom. The summed E-state index contributed by atoms with van der Waals surface area (Å²) in [5, 5.41) is 3.69. The van der Waals surface area contributed by atoms with E-state index in [2.05, 4.69) is 31.0 Å². The van der Waals surface area contributed by atoms with E-state index in [1.807, 2.05) is 0 Å². The van der Waals surface area contributed by atoms with Crippen molar-refractivity contribution in [2.75, 3.05) is 19.6 Å². The molecule has 1 N–H and O–H groups in total. The Morgan fingerprint density at radius 1 is 1.31 bits per heavy atom. The molecule has 1 aliphatic heterocycles. The summed E-state index contributed by atoms with van der Waals surface area (Å²) >= 11 is 0. The first-order valence-electron chi connectivity index (χ1n) is 7.14. The van der Waals surface area contributed by atoms with Crippen LogP contribution in [0, 0.1) is 5.92 Å². The first-order chi connectivity index (χ1) is 7.64. The topological polar surface area (TPSA) is 15.3 Å². The maximum atomic E-state index is 3.69. The lowest BCUT2D eigenvalue weighted by atomic mass is 9.83. The zero-order valence-electron chi connectivity index (χ0n) is 11.3. The van der Waals surface area contributed by atoms with Gasteiger partial charge >= 0.3 is 0 Å². The number of nitrogens with one attached hydrogen (secondary N) is 1. The molecule has 94 valence electrons. The molecule has 0 aromatic carbocycles. The fraction of sp³-hybridized carbons (Fsp3) is 1.00. The summed E-state index contributed by atoms with van der Waals surface area (Å²) in [4.78, 5) is 2.77. The molecule has 2 aliphatic rings. The van der Waals surface area contributed by atoms with Crippen molar-refractivity contribution in [2.24, 2.45) is 5.92 Å². The summed E-state index contributed by atoms with van der Waals surface area (Å²) in [5.74, 6) is 0.910. The van der Waals surface area contributed by atoms with Crippen LogP contribution in [0.1, 0.15) is 52.9 Å². The van der Waals surface area contributed by atoms with Gasteiger partial charge in [-0.3, -0.25) is 4.90 Å². The van der Waals surface area contributed by atoms with Crippen LogP contribution in [0.5, 0.6) is 0 Å². The van der Waals surface area contributed by atoms with Gasteiger partial charge in [-0.05, 0) is 32.1 Å². The molecule has 2 nitrogen and oxygen atoms in total. The van der Waals surface area contributed by atoms with Crippen LogP contribution in [0.4, 0.5) is 0 Å². The van der Waals surface area contributed by atoms with Crippen molar-refractivity contribution in [1.82, 2.24) is 10.2 Å². The van der Waals surface area contributed by atoms with Crippen LogP contribution in [0.25, 0.3) is 0 Å². The predicted molar refractivity (Wildman–Crippen MR) is 69.7 cm³/mol. The van der Waals surface area contributed by atoms with Gasteiger partial charge in [0.25, 0.3) is 0 Å². The average molecular weight is 224 g/mol. The van der Waals surface area contributed by atoms with Crippen LogP contribution in [0.3, 0.4) is 0 Å². The summed E-state index contributed by atoms with van der Waals surface area (Å²) in [7, 11) is 0. The van der Waals surface area contributed by atoms with Gasteiger partial charge in [0, 0.05) is 31.2 Å². The number of hydrogen-bond donors (Lipinski definition) is 1. The largest absolute Gasteiger partial charge is 0.309 e. The molecule has 1 saturated heterocycles. The lowest BCUT2D eigenvalue weighted by Crippen LogP contribution is -2.61. The number of hydrogen-bond acceptors (Lipinski definition) is 2. The van der Waals surface area contributed by atoms with Crippen LogP contribution in [-0.2, 0) is 0 Å². The van der Waals surface area contributed by atoms with Gasteiger partial charge in [-0.15, -0.1) is 0 Å². The van der Waals surface area contributed by atoms with E-state index in [1.165, 1.54) is 51.7 Å². The smallest absolute Gasteiger partial charge is 0.0278 e. The summed E-state index contributed by atoms with van der Waals surface area (Å²) in [6.07, 6.45) is 7.01. The van der Waals surface area contributed by atoms with E-state index in [9.17, 15) is 0 Å². The van der Waals surface area contributed by atoms with Crippen molar-refractivity contribution < 1.29 is 0 Å². The van der Waals surface area contributed by atoms with Crippen molar-refractivity contribution in [3.05, 3.63) is 0 Å². The van der Waals surface area contributed by atoms with Gasteiger partial charge in [0.05, 0.1) is 0 Å². The molecule has 2 heteroatoms. The van der Waals surface area contributed by atoms with E-state index in [0.717, 1.165) is 12.0 Å². The minimum Gasteiger partial charge on any atom is -0.309 e. The molecule has 1 heterocycles. The van der Waals surface area contributed by atoms with E-state index in [4.69, 9.17) is 0 Å². The predicted octanol–water partition coefficient (Wildman–Crippen LogP) is 2.64. The average Bonchev–Trinajstić information content (AvgIpc) is 2.30. The van der Waals surface area contributed by atoms with Crippen molar-refractivity contribution in [3.8, 4) is 0 Å². The van der Waals surface area contributed by atoms with E-state index in [1.54, 1.807) is 0 Å². The van der Waals surface area contributed by atoms with Gasteiger partial charge in [-0.25, -0.2) is 0 Å². The molecule has 0 spiro atoms. The third-order valence-corrected chi connectivity index (χ3v) is 4.82. The Morgan fingerprint density at radius 3 is 2.75 bits per heavy atom. The van der Waals surface area contributed by atoms with Crippen LogP contribution in [0.15, 0.2) is 0 Å². The second-order valence-electron chi connectivity index (χ2n) is 6.14. The highest BCUT2D eigenvalue weighted by molar-refractivity contribution is 4.93. The zero-order chi connectivity index (χ0) is 11.6. The maximum Gasteiger partial charge on any atom is 0.0278 e. The van der Waals surface area contributed by atoms with Crippen LogP contribution >= 0.6 is 0 Å². The fourth-order valence-corrected chi connectivity index (χ4v) is 3.44. The molecule has 2 rings (SSSR count). The molecule has 1 saturated carbocycles. The highest BCUT2D eigenvalue weighted by atomic mass is 15.2. The Bertz CT molecular complexity index is 229. The first kappa shape index (κ1) is 12.4. The molecule has 0 bridgehead atoms. The molecule has 2 fully saturated rings. The molecule has 0 amide bonds. The van der Waals surface area contributed by atoms with Gasteiger partial charge in [0.15, 0.2) is 0 Å². The van der Waals surface area contributed by atoms with Crippen molar-refractivity contribution in [2.45, 2.75) is 64.5 Å². The van der Waals surface area contributed by atoms with E-state index in [-0.39, 0.29) is 0 Å². The molecule has 16 heavy (non-hydrogen) atoms.